The van der Waals surface area contributed by atoms with E-state index in [-0.39, 0.29) is 17.9 Å². The molecule has 1 aliphatic rings. The molecule has 0 aliphatic carbocycles. The van der Waals surface area contributed by atoms with Crippen molar-refractivity contribution in [3.63, 3.8) is 0 Å². The second-order valence-electron chi connectivity index (χ2n) is 7.13. The van der Waals surface area contributed by atoms with Gasteiger partial charge < -0.3 is 15.0 Å². The summed E-state index contributed by atoms with van der Waals surface area (Å²) in [5.41, 5.74) is 2.64. The molecule has 1 heterocycles. The number of rotatable bonds is 7. The van der Waals surface area contributed by atoms with Crippen molar-refractivity contribution in [3.8, 4) is 5.75 Å². The van der Waals surface area contributed by atoms with Gasteiger partial charge in [-0.3, -0.25) is 14.5 Å². The highest BCUT2D eigenvalue weighted by molar-refractivity contribution is 5.98. The number of carbonyl (C=O) groups is 2. The highest BCUT2D eigenvalue weighted by Gasteiger charge is 2.22. The number of carbonyl (C=O) groups excluding carboxylic acids is 2. The van der Waals surface area contributed by atoms with Crippen LogP contribution in [-0.2, 0) is 16.1 Å². The monoisotopic (exact) mass is 381 g/mol. The topological polar surface area (TPSA) is 61.9 Å². The normalized spacial score (nSPS) is 15.0. The van der Waals surface area contributed by atoms with Crippen molar-refractivity contribution in [1.29, 1.82) is 0 Å². The van der Waals surface area contributed by atoms with Gasteiger partial charge in [0.25, 0.3) is 0 Å². The fourth-order valence-corrected chi connectivity index (χ4v) is 3.28. The van der Waals surface area contributed by atoms with Gasteiger partial charge in [-0.15, -0.1) is 0 Å². The minimum atomic E-state index is -0.306. The van der Waals surface area contributed by atoms with Gasteiger partial charge in [0.15, 0.2) is 0 Å². The molecule has 0 aromatic heterocycles. The van der Waals surface area contributed by atoms with E-state index in [4.69, 9.17) is 4.74 Å². The quantitative estimate of drug-likeness (QED) is 0.800. The Morgan fingerprint density at radius 2 is 2.00 bits per heavy atom. The maximum Gasteiger partial charge on any atom is 0.241 e. The van der Waals surface area contributed by atoms with Gasteiger partial charge in [0.1, 0.15) is 5.75 Å². The fourth-order valence-electron chi connectivity index (χ4n) is 3.28. The molecule has 2 aromatic rings. The largest absolute Gasteiger partial charge is 0.497 e. The highest BCUT2D eigenvalue weighted by Crippen LogP contribution is 2.24. The smallest absolute Gasteiger partial charge is 0.241 e. The predicted molar refractivity (Wildman–Crippen MR) is 111 cm³/mol. The van der Waals surface area contributed by atoms with Crippen LogP contribution < -0.4 is 15.0 Å². The Morgan fingerprint density at radius 1 is 1.25 bits per heavy atom. The van der Waals surface area contributed by atoms with Gasteiger partial charge >= 0.3 is 0 Å². The Labute approximate surface area is 166 Å². The minimum Gasteiger partial charge on any atom is -0.497 e. The lowest BCUT2D eigenvalue weighted by atomic mass is 10.1. The fraction of sp³-hybridized carbons (Fsp3) is 0.364. The van der Waals surface area contributed by atoms with Crippen LogP contribution in [-0.4, -0.2) is 43.5 Å². The van der Waals surface area contributed by atoms with E-state index in [1.54, 1.807) is 12.0 Å². The van der Waals surface area contributed by atoms with Crippen molar-refractivity contribution in [2.24, 2.45) is 0 Å². The Balaban J connectivity index is 1.60. The summed E-state index contributed by atoms with van der Waals surface area (Å²) >= 11 is 0. The SMILES string of the molecule is COc1ccc(CN(C)C(C)C(=O)Nc2cccc(N3CCCC3=O)c2)cc1. The lowest BCUT2D eigenvalue weighted by Gasteiger charge is -2.24. The summed E-state index contributed by atoms with van der Waals surface area (Å²) in [6.45, 7) is 3.27. The summed E-state index contributed by atoms with van der Waals surface area (Å²) in [5.74, 6) is 0.866. The first kappa shape index (κ1) is 19.9. The molecule has 0 radical (unpaired) electrons. The summed E-state index contributed by atoms with van der Waals surface area (Å²) in [6.07, 6.45) is 1.46. The molecule has 1 atom stereocenters. The van der Waals surface area contributed by atoms with E-state index < -0.39 is 0 Å². The van der Waals surface area contributed by atoms with Crippen molar-refractivity contribution in [3.05, 3.63) is 54.1 Å². The molecular formula is C22H27N3O3. The molecule has 6 heteroatoms. The van der Waals surface area contributed by atoms with E-state index in [2.05, 4.69) is 5.32 Å². The van der Waals surface area contributed by atoms with Crippen LogP contribution in [0.25, 0.3) is 0 Å². The van der Waals surface area contributed by atoms with E-state index in [0.29, 0.717) is 18.7 Å². The van der Waals surface area contributed by atoms with Crippen molar-refractivity contribution in [2.45, 2.75) is 32.4 Å². The second-order valence-corrected chi connectivity index (χ2v) is 7.13. The van der Waals surface area contributed by atoms with Crippen LogP contribution in [0.15, 0.2) is 48.5 Å². The third-order valence-electron chi connectivity index (χ3n) is 5.13. The standard InChI is InChI=1S/C22H27N3O3/c1-16(24(2)15-17-9-11-20(28-3)12-10-17)22(27)23-18-6-4-7-19(14-18)25-13-5-8-21(25)26/h4,6-7,9-12,14,16H,5,8,13,15H2,1-3H3,(H,23,27). The van der Waals surface area contributed by atoms with Gasteiger partial charge in [0.2, 0.25) is 11.8 Å². The second kappa shape index (κ2) is 8.89. The summed E-state index contributed by atoms with van der Waals surface area (Å²) in [5, 5.41) is 2.97. The molecule has 0 spiro atoms. The Kier molecular flexibility index (Phi) is 6.31. The Bertz CT molecular complexity index is 835. The number of nitrogens with zero attached hydrogens (tertiary/aromatic N) is 2. The molecule has 1 saturated heterocycles. The number of hydrogen-bond acceptors (Lipinski definition) is 4. The number of likely N-dealkylation sites (N-methyl/N-ethyl adjacent to an activating group) is 1. The van der Waals surface area contributed by atoms with Crippen LogP contribution in [0.2, 0.25) is 0 Å². The van der Waals surface area contributed by atoms with E-state index in [0.717, 1.165) is 30.0 Å². The average molecular weight is 381 g/mol. The third kappa shape index (κ3) is 4.70. The Morgan fingerprint density at radius 3 is 2.64 bits per heavy atom. The summed E-state index contributed by atoms with van der Waals surface area (Å²) in [4.78, 5) is 28.4. The van der Waals surface area contributed by atoms with Crippen LogP contribution >= 0.6 is 0 Å². The number of nitrogens with one attached hydrogen (secondary N) is 1. The van der Waals surface area contributed by atoms with Gasteiger partial charge in [0, 0.05) is 30.9 Å². The molecule has 2 aromatic carbocycles. The number of amides is 2. The molecule has 6 nitrogen and oxygen atoms in total. The zero-order chi connectivity index (χ0) is 20.1. The van der Waals surface area contributed by atoms with E-state index in [9.17, 15) is 9.59 Å². The average Bonchev–Trinajstić information content (AvgIpc) is 3.14. The predicted octanol–water partition coefficient (Wildman–Crippen LogP) is 3.28. The molecule has 2 amide bonds. The number of anilines is 2. The van der Waals surface area contributed by atoms with Crippen LogP contribution in [0, 0.1) is 0 Å². The summed E-state index contributed by atoms with van der Waals surface area (Å²) in [7, 11) is 3.57. The zero-order valence-electron chi connectivity index (χ0n) is 16.6. The van der Waals surface area contributed by atoms with Crippen LogP contribution in [0.5, 0.6) is 5.75 Å². The van der Waals surface area contributed by atoms with Crippen molar-refractivity contribution >= 4 is 23.2 Å². The molecule has 1 unspecified atom stereocenters. The molecule has 1 fully saturated rings. The summed E-state index contributed by atoms with van der Waals surface area (Å²) in [6, 6.07) is 15.0. The van der Waals surface area contributed by atoms with Gasteiger partial charge in [-0.1, -0.05) is 18.2 Å². The van der Waals surface area contributed by atoms with Gasteiger partial charge in [-0.2, -0.15) is 0 Å². The molecule has 3 rings (SSSR count). The molecule has 148 valence electrons. The molecule has 0 saturated carbocycles. The van der Waals surface area contributed by atoms with Crippen molar-refractivity contribution in [1.82, 2.24) is 4.90 Å². The summed E-state index contributed by atoms with van der Waals surface area (Å²) < 4.78 is 5.18. The van der Waals surface area contributed by atoms with Crippen LogP contribution in [0.1, 0.15) is 25.3 Å². The lowest BCUT2D eigenvalue weighted by molar-refractivity contribution is -0.120. The minimum absolute atomic E-state index is 0.0825. The molecule has 28 heavy (non-hydrogen) atoms. The zero-order valence-corrected chi connectivity index (χ0v) is 16.6. The first-order valence-corrected chi connectivity index (χ1v) is 9.52. The van der Waals surface area contributed by atoms with Gasteiger partial charge in [-0.05, 0) is 56.3 Å². The number of benzene rings is 2. The number of methoxy groups -OCH3 is 1. The number of ether oxygens (including phenoxy) is 1. The molecule has 1 aliphatic heterocycles. The van der Waals surface area contributed by atoms with E-state index >= 15 is 0 Å². The number of hydrogen-bond donors (Lipinski definition) is 1. The van der Waals surface area contributed by atoms with E-state index in [1.807, 2.05) is 67.4 Å². The molecule has 0 bridgehead atoms. The molecule has 1 N–H and O–H groups in total. The van der Waals surface area contributed by atoms with Crippen molar-refractivity contribution < 1.29 is 14.3 Å². The van der Waals surface area contributed by atoms with Crippen LogP contribution in [0.4, 0.5) is 11.4 Å². The molecular weight excluding hydrogens is 354 g/mol. The van der Waals surface area contributed by atoms with E-state index in [1.165, 1.54) is 0 Å². The maximum atomic E-state index is 12.7. The highest BCUT2D eigenvalue weighted by atomic mass is 16.5. The van der Waals surface area contributed by atoms with Crippen LogP contribution in [0.3, 0.4) is 0 Å². The van der Waals surface area contributed by atoms with Gasteiger partial charge in [-0.25, -0.2) is 0 Å². The maximum absolute atomic E-state index is 12.7. The third-order valence-corrected chi connectivity index (χ3v) is 5.13. The first-order valence-electron chi connectivity index (χ1n) is 9.52. The van der Waals surface area contributed by atoms with Crippen molar-refractivity contribution in [2.75, 3.05) is 30.9 Å². The Hall–Kier alpha value is -2.86. The first-order chi connectivity index (χ1) is 13.5. The van der Waals surface area contributed by atoms with Gasteiger partial charge in [0.05, 0.1) is 13.2 Å². The lowest BCUT2D eigenvalue weighted by Crippen LogP contribution is -2.39.